The molecular formula is C8H13NO2. The van der Waals surface area contributed by atoms with Crippen molar-refractivity contribution in [2.45, 2.75) is 31.6 Å². The van der Waals surface area contributed by atoms with Crippen LogP contribution in [0, 0.1) is 5.92 Å². The number of hydrogen-bond donors (Lipinski definition) is 0. The van der Waals surface area contributed by atoms with Crippen molar-refractivity contribution in [3.8, 4) is 0 Å². The van der Waals surface area contributed by atoms with Gasteiger partial charge in [-0.1, -0.05) is 0 Å². The first-order chi connectivity index (χ1) is 5.45. The predicted molar refractivity (Wildman–Crippen MR) is 38.7 cm³/mol. The first kappa shape index (κ1) is 6.40. The maximum Gasteiger partial charge on any atom is 0.181 e. The molecule has 0 unspecified atom stereocenters. The Hall–Kier alpha value is -0.120. The van der Waals surface area contributed by atoms with Crippen molar-refractivity contribution in [1.29, 1.82) is 0 Å². The van der Waals surface area contributed by atoms with Crippen LogP contribution in [0.15, 0.2) is 0 Å². The number of fused-ring (bicyclic) bond motifs is 3. The Balaban J connectivity index is 1.84. The van der Waals surface area contributed by atoms with E-state index >= 15 is 0 Å². The summed E-state index contributed by atoms with van der Waals surface area (Å²) in [5, 5.41) is 2.13. The molecule has 11 heavy (non-hydrogen) atoms. The van der Waals surface area contributed by atoms with Crippen molar-refractivity contribution in [2.24, 2.45) is 5.92 Å². The number of hydrogen-bond acceptors (Lipinski definition) is 3. The molecule has 0 aliphatic carbocycles. The largest absolute Gasteiger partial charge is 0.350 e. The second-order valence-corrected chi connectivity index (χ2v) is 3.65. The Kier molecular flexibility index (Phi) is 1.27. The maximum atomic E-state index is 5.62. The van der Waals surface area contributed by atoms with E-state index in [9.17, 15) is 0 Å². The molecule has 0 amide bonds. The van der Waals surface area contributed by atoms with Gasteiger partial charge in [-0.3, -0.25) is 4.84 Å². The summed E-state index contributed by atoms with van der Waals surface area (Å²) in [6.07, 6.45) is 3.92. The quantitative estimate of drug-likeness (QED) is 0.515. The van der Waals surface area contributed by atoms with Gasteiger partial charge in [0.2, 0.25) is 0 Å². The molecule has 62 valence electrons. The molecule has 0 aromatic carbocycles. The average molecular weight is 155 g/mol. The zero-order valence-corrected chi connectivity index (χ0v) is 6.53. The molecule has 0 radical (unpaired) electrons. The van der Waals surface area contributed by atoms with E-state index in [1.165, 1.54) is 19.3 Å². The minimum Gasteiger partial charge on any atom is -0.350 e. The van der Waals surface area contributed by atoms with Crippen molar-refractivity contribution in [2.75, 3.05) is 13.2 Å². The van der Waals surface area contributed by atoms with Crippen LogP contribution in [0.25, 0.3) is 0 Å². The lowest BCUT2D eigenvalue weighted by Crippen LogP contribution is -2.25. The van der Waals surface area contributed by atoms with Gasteiger partial charge in [0.15, 0.2) is 6.29 Å². The summed E-state index contributed by atoms with van der Waals surface area (Å²) in [5.74, 6) is 0.678. The lowest BCUT2D eigenvalue weighted by Gasteiger charge is -2.14. The van der Waals surface area contributed by atoms with Crippen LogP contribution in [0.1, 0.15) is 19.3 Å². The molecule has 0 bridgehead atoms. The minimum atomic E-state index is 0.111. The van der Waals surface area contributed by atoms with Gasteiger partial charge >= 0.3 is 0 Å². The Morgan fingerprint density at radius 3 is 3.27 bits per heavy atom. The number of ether oxygens (including phenoxy) is 1. The molecular weight excluding hydrogens is 142 g/mol. The lowest BCUT2D eigenvalue weighted by molar-refractivity contribution is -0.224. The lowest BCUT2D eigenvalue weighted by atomic mass is 9.97. The van der Waals surface area contributed by atoms with Gasteiger partial charge < -0.3 is 4.74 Å². The van der Waals surface area contributed by atoms with E-state index in [1.807, 2.05) is 0 Å². The molecule has 3 atom stereocenters. The molecule has 3 heteroatoms. The van der Waals surface area contributed by atoms with Crippen LogP contribution in [0.2, 0.25) is 0 Å². The normalized spacial score (nSPS) is 49.6. The molecule has 3 heterocycles. The van der Waals surface area contributed by atoms with Gasteiger partial charge in [-0.2, -0.15) is 5.06 Å². The van der Waals surface area contributed by atoms with E-state index in [0.29, 0.717) is 12.0 Å². The highest BCUT2D eigenvalue weighted by Gasteiger charge is 2.48. The zero-order chi connectivity index (χ0) is 7.26. The fourth-order valence-electron chi connectivity index (χ4n) is 2.52. The van der Waals surface area contributed by atoms with E-state index in [4.69, 9.17) is 9.57 Å². The summed E-state index contributed by atoms with van der Waals surface area (Å²) in [4.78, 5) is 5.62. The highest BCUT2D eigenvalue weighted by atomic mass is 16.8. The molecule has 3 rings (SSSR count). The average Bonchev–Trinajstić information content (AvgIpc) is 2.52. The van der Waals surface area contributed by atoms with Crippen LogP contribution >= 0.6 is 0 Å². The van der Waals surface area contributed by atoms with E-state index in [1.54, 1.807) is 0 Å². The molecule has 0 aromatic heterocycles. The third-order valence-electron chi connectivity index (χ3n) is 3.06. The molecule has 3 aliphatic rings. The van der Waals surface area contributed by atoms with E-state index in [0.717, 1.165) is 13.2 Å². The van der Waals surface area contributed by atoms with Gasteiger partial charge in [0.1, 0.15) is 0 Å². The van der Waals surface area contributed by atoms with Crippen LogP contribution in [0.3, 0.4) is 0 Å². The van der Waals surface area contributed by atoms with Gasteiger partial charge in [0.25, 0.3) is 0 Å². The summed E-state index contributed by atoms with van der Waals surface area (Å²) in [7, 11) is 0. The molecule has 0 saturated carbocycles. The van der Waals surface area contributed by atoms with Crippen LogP contribution in [0.5, 0.6) is 0 Å². The third kappa shape index (κ3) is 0.789. The van der Waals surface area contributed by atoms with Crippen molar-refractivity contribution in [3.05, 3.63) is 0 Å². The van der Waals surface area contributed by atoms with Gasteiger partial charge in [0, 0.05) is 18.5 Å². The summed E-state index contributed by atoms with van der Waals surface area (Å²) < 4.78 is 5.45. The van der Waals surface area contributed by atoms with E-state index in [2.05, 4.69) is 5.06 Å². The van der Waals surface area contributed by atoms with Crippen LogP contribution in [-0.2, 0) is 9.57 Å². The standard InChI is InChI=1S/C8H13NO2/c1-2-7-6-3-5-10-8(6)11-9(7)4-1/h6-8H,1-5H2/t6-,7+,8+/m1/s1. The highest BCUT2D eigenvalue weighted by molar-refractivity contribution is 4.90. The van der Waals surface area contributed by atoms with Crippen molar-refractivity contribution in [3.63, 3.8) is 0 Å². The molecule has 0 spiro atoms. The van der Waals surface area contributed by atoms with E-state index in [-0.39, 0.29) is 6.29 Å². The fourth-order valence-corrected chi connectivity index (χ4v) is 2.52. The Bertz CT molecular complexity index is 155. The predicted octanol–water partition coefficient (Wildman–Crippen LogP) is 0.759. The summed E-state index contributed by atoms with van der Waals surface area (Å²) in [6.45, 7) is 2.01. The Morgan fingerprint density at radius 2 is 2.27 bits per heavy atom. The number of nitrogens with zero attached hydrogens (tertiary/aromatic N) is 1. The monoisotopic (exact) mass is 155 g/mol. The smallest absolute Gasteiger partial charge is 0.181 e. The van der Waals surface area contributed by atoms with Gasteiger partial charge in [-0.05, 0) is 19.3 Å². The van der Waals surface area contributed by atoms with Gasteiger partial charge in [-0.15, -0.1) is 0 Å². The molecule has 3 nitrogen and oxygen atoms in total. The zero-order valence-electron chi connectivity index (χ0n) is 6.53. The third-order valence-corrected chi connectivity index (χ3v) is 3.06. The van der Waals surface area contributed by atoms with Crippen molar-refractivity contribution < 1.29 is 9.57 Å². The van der Waals surface area contributed by atoms with Gasteiger partial charge in [0.05, 0.1) is 6.61 Å². The summed E-state index contributed by atoms with van der Waals surface area (Å²) in [6, 6.07) is 0.683. The molecule has 3 saturated heterocycles. The van der Waals surface area contributed by atoms with Crippen molar-refractivity contribution in [1.82, 2.24) is 5.06 Å². The SMILES string of the molecule is C1C[C@H]2[C@H]3CCO[C@H]3ON2C1. The number of hydroxylamine groups is 2. The minimum absolute atomic E-state index is 0.111. The van der Waals surface area contributed by atoms with Crippen molar-refractivity contribution >= 4 is 0 Å². The summed E-state index contributed by atoms with van der Waals surface area (Å²) in [5.41, 5.74) is 0. The number of rotatable bonds is 0. The second kappa shape index (κ2) is 2.19. The Labute approximate surface area is 66.2 Å². The van der Waals surface area contributed by atoms with Crippen LogP contribution in [0.4, 0.5) is 0 Å². The maximum absolute atomic E-state index is 5.62. The topological polar surface area (TPSA) is 21.7 Å². The first-order valence-corrected chi connectivity index (χ1v) is 4.50. The fraction of sp³-hybridized carbons (Fsp3) is 1.00. The first-order valence-electron chi connectivity index (χ1n) is 4.50. The van der Waals surface area contributed by atoms with Crippen LogP contribution in [-0.4, -0.2) is 30.5 Å². The Morgan fingerprint density at radius 1 is 1.27 bits per heavy atom. The highest BCUT2D eigenvalue weighted by Crippen LogP contribution is 2.40. The molecule has 3 aliphatic heterocycles. The van der Waals surface area contributed by atoms with Crippen LogP contribution < -0.4 is 0 Å². The molecule has 0 N–H and O–H groups in total. The van der Waals surface area contributed by atoms with E-state index < -0.39 is 0 Å². The summed E-state index contributed by atoms with van der Waals surface area (Å²) >= 11 is 0. The molecule has 0 aromatic rings. The second-order valence-electron chi connectivity index (χ2n) is 3.65. The van der Waals surface area contributed by atoms with Gasteiger partial charge in [-0.25, -0.2) is 0 Å². The molecule has 3 fully saturated rings.